The molecule has 206 valence electrons. The average molecular weight is 530 g/mol. The van der Waals surface area contributed by atoms with Gasteiger partial charge in [0.05, 0.1) is 11.8 Å². The largest absolute Gasteiger partial charge is 0.354 e. The monoisotopic (exact) mass is 529 g/mol. The average Bonchev–Trinajstić information content (AvgIpc) is 3.18. The second kappa shape index (κ2) is 12.9. The van der Waals surface area contributed by atoms with Crippen LogP contribution in [0.4, 0.5) is 0 Å². The summed E-state index contributed by atoms with van der Waals surface area (Å²) in [6, 6.07) is 16.8. The van der Waals surface area contributed by atoms with Crippen LogP contribution in [-0.2, 0) is 32.1 Å². The number of hydrogen-bond acceptors (Lipinski definition) is 4. The lowest BCUT2D eigenvalue weighted by atomic mass is 9.85. The molecule has 0 saturated carbocycles. The molecule has 1 N–H and O–H groups in total. The van der Waals surface area contributed by atoms with Gasteiger partial charge in [0.25, 0.3) is 0 Å². The Labute approximate surface area is 231 Å². The number of carbonyl (C=O) groups excluding carboxylic acids is 4. The van der Waals surface area contributed by atoms with E-state index in [1.807, 2.05) is 87.5 Å². The molecule has 1 heterocycles. The Bertz CT molecular complexity index is 1180. The fourth-order valence-corrected chi connectivity index (χ4v) is 5.31. The minimum Gasteiger partial charge on any atom is -0.354 e. The van der Waals surface area contributed by atoms with Crippen molar-refractivity contribution in [2.75, 3.05) is 13.1 Å². The second-order valence-corrected chi connectivity index (χ2v) is 11.1. The van der Waals surface area contributed by atoms with Gasteiger partial charge in [0.1, 0.15) is 6.04 Å². The Morgan fingerprint density at radius 2 is 1.54 bits per heavy atom. The quantitative estimate of drug-likeness (QED) is 0.352. The van der Waals surface area contributed by atoms with E-state index >= 15 is 0 Å². The Morgan fingerprint density at radius 1 is 0.923 bits per heavy atom. The van der Waals surface area contributed by atoms with Gasteiger partial charge < -0.3 is 10.2 Å². The van der Waals surface area contributed by atoms with E-state index in [9.17, 15) is 19.2 Å². The number of fused-ring (bicyclic) bond motifs is 1. The molecule has 1 aliphatic heterocycles. The van der Waals surface area contributed by atoms with Gasteiger partial charge in [0, 0.05) is 32.5 Å². The van der Waals surface area contributed by atoms with E-state index in [0.717, 1.165) is 16.7 Å². The summed E-state index contributed by atoms with van der Waals surface area (Å²) in [6.07, 6.45) is 5.37. The summed E-state index contributed by atoms with van der Waals surface area (Å²) in [6.45, 7) is 6.84. The molecule has 7 nitrogen and oxygen atoms in total. The number of nitrogens with one attached hydrogen (secondary N) is 1. The zero-order valence-corrected chi connectivity index (χ0v) is 23.1. The first kappa shape index (κ1) is 28.3. The third-order valence-electron chi connectivity index (χ3n) is 7.58. The van der Waals surface area contributed by atoms with E-state index in [4.69, 9.17) is 0 Å². The van der Waals surface area contributed by atoms with Crippen LogP contribution in [0, 0.1) is 24.7 Å². The molecule has 1 fully saturated rings. The first-order valence-electron chi connectivity index (χ1n) is 13.9. The third-order valence-corrected chi connectivity index (χ3v) is 7.58. The standard InChI is InChI=1S/C32H39N3O4/c1-22(2)20-33-30(37)28(19-24-9-5-4-6-10-24)35(21-25-15-13-23(3)14-16-25)29(36)17-18-34-31(38)26-11-7-8-12-27(26)32(34)39/h4-10,13-16,22,26-28H,11-12,17-21H2,1-3H3,(H,33,37)/t26-,27+,28?. The third kappa shape index (κ3) is 7.02. The highest BCUT2D eigenvalue weighted by Gasteiger charge is 2.47. The summed E-state index contributed by atoms with van der Waals surface area (Å²) in [7, 11) is 0. The fourth-order valence-electron chi connectivity index (χ4n) is 5.31. The number of likely N-dealkylation sites (tertiary alicyclic amines) is 1. The molecule has 4 rings (SSSR count). The van der Waals surface area contributed by atoms with E-state index in [-0.39, 0.29) is 60.9 Å². The number of benzene rings is 2. The molecule has 0 bridgehead atoms. The van der Waals surface area contributed by atoms with Gasteiger partial charge in [0.15, 0.2) is 0 Å². The van der Waals surface area contributed by atoms with Crippen molar-refractivity contribution in [1.29, 1.82) is 0 Å². The SMILES string of the molecule is Cc1ccc(CN(C(=O)CCN2C(=O)[C@H]3CC=CC[C@H]3C2=O)C(Cc2ccccc2)C(=O)NCC(C)C)cc1. The molecule has 39 heavy (non-hydrogen) atoms. The van der Waals surface area contributed by atoms with E-state index in [2.05, 4.69) is 5.32 Å². The van der Waals surface area contributed by atoms with Gasteiger partial charge in [-0.15, -0.1) is 0 Å². The molecule has 0 spiro atoms. The molecule has 1 saturated heterocycles. The van der Waals surface area contributed by atoms with E-state index in [1.165, 1.54) is 4.90 Å². The molecule has 0 aromatic heterocycles. The van der Waals surface area contributed by atoms with E-state index in [0.29, 0.717) is 25.8 Å². The molecular formula is C32H39N3O4. The molecule has 2 aromatic carbocycles. The van der Waals surface area contributed by atoms with E-state index < -0.39 is 6.04 Å². The number of aryl methyl sites for hydroxylation is 1. The summed E-state index contributed by atoms with van der Waals surface area (Å²) < 4.78 is 0. The smallest absolute Gasteiger partial charge is 0.243 e. The Kier molecular flexibility index (Phi) is 9.33. The van der Waals surface area contributed by atoms with Crippen LogP contribution in [0.3, 0.4) is 0 Å². The maximum Gasteiger partial charge on any atom is 0.243 e. The molecular weight excluding hydrogens is 490 g/mol. The topological polar surface area (TPSA) is 86.8 Å². The minimum atomic E-state index is -0.739. The molecule has 1 aliphatic carbocycles. The van der Waals surface area contributed by atoms with Crippen molar-refractivity contribution in [2.45, 2.75) is 59.0 Å². The number of rotatable bonds is 11. The van der Waals surface area contributed by atoms with Crippen LogP contribution in [-0.4, -0.2) is 52.6 Å². The van der Waals surface area contributed by atoms with Crippen LogP contribution in [0.5, 0.6) is 0 Å². The van der Waals surface area contributed by atoms with Gasteiger partial charge in [-0.25, -0.2) is 0 Å². The minimum absolute atomic E-state index is 0.0273. The normalized spacial score (nSPS) is 19.2. The van der Waals surface area contributed by atoms with Crippen molar-refractivity contribution in [2.24, 2.45) is 17.8 Å². The summed E-state index contributed by atoms with van der Waals surface area (Å²) in [4.78, 5) is 56.2. The zero-order chi connectivity index (χ0) is 27.9. The highest BCUT2D eigenvalue weighted by atomic mass is 16.2. The first-order chi connectivity index (χ1) is 18.7. The molecule has 1 unspecified atom stereocenters. The van der Waals surface area contributed by atoms with Crippen LogP contribution in [0.25, 0.3) is 0 Å². The fraction of sp³-hybridized carbons (Fsp3) is 0.438. The number of hydrogen-bond donors (Lipinski definition) is 1. The predicted molar refractivity (Wildman–Crippen MR) is 150 cm³/mol. The Balaban J connectivity index is 1.57. The molecule has 4 amide bonds. The maximum atomic E-state index is 13.9. The summed E-state index contributed by atoms with van der Waals surface area (Å²) in [5.41, 5.74) is 2.97. The predicted octanol–water partition coefficient (Wildman–Crippen LogP) is 4.05. The van der Waals surface area contributed by atoms with Gasteiger partial charge in [0.2, 0.25) is 23.6 Å². The van der Waals surface area contributed by atoms with Gasteiger partial charge in [-0.2, -0.15) is 0 Å². The molecule has 3 atom stereocenters. The number of amides is 4. The zero-order valence-electron chi connectivity index (χ0n) is 23.1. The number of allylic oxidation sites excluding steroid dienone is 2. The molecule has 2 aliphatic rings. The van der Waals surface area contributed by atoms with Crippen LogP contribution < -0.4 is 5.32 Å². The Morgan fingerprint density at radius 3 is 2.13 bits per heavy atom. The Hall–Kier alpha value is -3.74. The second-order valence-electron chi connectivity index (χ2n) is 11.1. The van der Waals surface area contributed by atoms with Gasteiger partial charge >= 0.3 is 0 Å². The van der Waals surface area contributed by atoms with Crippen LogP contribution in [0.2, 0.25) is 0 Å². The lowest BCUT2D eigenvalue weighted by Gasteiger charge is -2.32. The summed E-state index contributed by atoms with van der Waals surface area (Å²) in [5, 5.41) is 3.02. The van der Waals surface area contributed by atoms with Crippen LogP contribution in [0.1, 0.15) is 49.8 Å². The maximum absolute atomic E-state index is 13.9. The van der Waals surface area contributed by atoms with Crippen molar-refractivity contribution < 1.29 is 19.2 Å². The van der Waals surface area contributed by atoms with Gasteiger partial charge in [-0.3, -0.25) is 24.1 Å². The number of nitrogens with zero attached hydrogens (tertiary/aromatic N) is 2. The van der Waals surface area contributed by atoms with Gasteiger partial charge in [-0.05, 0) is 36.8 Å². The van der Waals surface area contributed by atoms with Crippen molar-refractivity contribution in [3.63, 3.8) is 0 Å². The number of imide groups is 1. The first-order valence-corrected chi connectivity index (χ1v) is 13.9. The van der Waals surface area contributed by atoms with Crippen molar-refractivity contribution >= 4 is 23.6 Å². The van der Waals surface area contributed by atoms with E-state index in [1.54, 1.807) is 4.90 Å². The lowest BCUT2D eigenvalue weighted by Crippen LogP contribution is -2.51. The van der Waals surface area contributed by atoms with Crippen molar-refractivity contribution in [1.82, 2.24) is 15.1 Å². The molecule has 0 radical (unpaired) electrons. The highest BCUT2D eigenvalue weighted by Crippen LogP contribution is 2.35. The highest BCUT2D eigenvalue weighted by molar-refractivity contribution is 6.05. The van der Waals surface area contributed by atoms with Crippen molar-refractivity contribution in [3.8, 4) is 0 Å². The van der Waals surface area contributed by atoms with Crippen molar-refractivity contribution in [3.05, 3.63) is 83.4 Å². The molecule has 7 heteroatoms. The number of carbonyl (C=O) groups is 4. The van der Waals surface area contributed by atoms with Gasteiger partial charge in [-0.1, -0.05) is 86.2 Å². The molecule has 2 aromatic rings. The summed E-state index contributed by atoms with van der Waals surface area (Å²) >= 11 is 0. The van der Waals surface area contributed by atoms with Crippen LogP contribution in [0.15, 0.2) is 66.7 Å². The summed E-state index contributed by atoms with van der Waals surface area (Å²) in [5.74, 6) is -1.24. The van der Waals surface area contributed by atoms with Crippen LogP contribution >= 0.6 is 0 Å². The lowest BCUT2D eigenvalue weighted by molar-refractivity contribution is -0.144.